The van der Waals surface area contributed by atoms with Crippen molar-refractivity contribution >= 4 is 0 Å². The van der Waals surface area contributed by atoms with Crippen LogP contribution in [-0.2, 0) is 12.8 Å². The fraction of sp³-hybridized carbons (Fsp3) is 0.600. The molecule has 0 bridgehead atoms. The van der Waals surface area contributed by atoms with Gasteiger partial charge in [-0.15, -0.1) is 0 Å². The van der Waals surface area contributed by atoms with E-state index in [0.717, 1.165) is 23.7 Å². The van der Waals surface area contributed by atoms with E-state index in [2.05, 4.69) is 156 Å². The first-order valence-electron chi connectivity index (χ1n) is 24.7. The van der Waals surface area contributed by atoms with E-state index in [1.54, 1.807) is 22.3 Å². The van der Waals surface area contributed by atoms with E-state index >= 15 is 0 Å². The molecule has 328 valence electrons. The first-order chi connectivity index (χ1) is 28.5. The second kappa shape index (κ2) is 22.3. The van der Waals surface area contributed by atoms with Crippen LogP contribution >= 0.6 is 0 Å². The normalized spacial score (nSPS) is 19.4. The third kappa shape index (κ3) is 15.1. The molecule has 0 amide bonds. The average Bonchev–Trinajstić information content (AvgIpc) is 3.93. The number of hydrogen-bond donors (Lipinski definition) is 0. The minimum atomic E-state index is 0.580. The van der Waals surface area contributed by atoms with Crippen molar-refractivity contribution in [3.05, 3.63) is 140 Å². The highest BCUT2D eigenvalue weighted by molar-refractivity contribution is 5.37. The second-order valence-electron chi connectivity index (χ2n) is 22.1. The fourth-order valence-electron chi connectivity index (χ4n) is 10.6. The van der Waals surface area contributed by atoms with Gasteiger partial charge in [-0.05, 0) is 215 Å². The van der Waals surface area contributed by atoms with Gasteiger partial charge in [0.1, 0.15) is 0 Å². The molecule has 4 saturated carbocycles. The maximum Gasteiger partial charge on any atom is -0.0161 e. The van der Waals surface area contributed by atoms with E-state index in [0.29, 0.717) is 10.8 Å². The summed E-state index contributed by atoms with van der Waals surface area (Å²) in [7, 11) is 0. The Kier molecular flexibility index (Phi) is 17.8. The van der Waals surface area contributed by atoms with Crippen molar-refractivity contribution in [3.8, 4) is 0 Å². The summed E-state index contributed by atoms with van der Waals surface area (Å²) in [5.41, 5.74) is 18.9. The number of hydrogen-bond acceptors (Lipinski definition) is 0. The highest BCUT2D eigenvalue weighted by Gasteiger charge is 2.28. The summed E-state index contributed by atoms with van der Waals surface area (Å²) >= 11 is 0. The lowest BCUT2D eigenvalue weighted by molar-refractivity contribution is 0.224. The largest absolute Gasteiger partial charge is 0.0599 e. The minimum Gasteiger partial charge on any atom is -0.0599 e. The maximum atomic E-state index is 2.41. The van der Waals surface area contributed by atoms with Gasteiger partial charge in [0.05, 0.1) is 0 Å². The first kappa shape index (κ1) is 47.9. The molecule has 4 aromatic rings. The Morgan fingerprint density at radius 3 is 1.22 bits per heavy atom. The molecule has 0 spiro atoms. The average molecular weight is 809 g/mol. The first-order valence-corrected chi connectivity index (χ1v) is 24.7. The van der Waals surface area contributed by atoms with Crippen LogP contribution in [0.5, 0.6) is 0 Å². The zero-order valence-electron chi connectivity index (χ0n) is 41.0. The molecule has 0 nitrogen and oxygen atoms in total. The molecule has 4 aromatic carbocycles. The summed E-state index contributed by atoms with van der Waals surface area (Å²) in [5, 5.41) is 0. The second-order valence-corrected chi connectivity index (χ2v) is 22.1. The van der Waals surface area contributed by atoms with E-state index in [-0.39, 0.29) is 0 Å². The standard InChI is InChI=1S/C16H24.2C15H22.C14H20/c1-12-5-6-15(11-13(12)2)14-7-9-16(3,4)10-8-14;1-12-4-6-13(7-5-12)14-8-10-15(2,3)11-9-14;1-11-8-15(9-12(2)13(11)3)10-14-6-4-5-7-14;1-11-7-8-14(9-12(11)2)10-13-5-3-4-6-13/h5-6,11,14H,7-10H2,1-4H3;4-7,14H,8-11H2,1-3H3;8-9,14H,4-7,10H2,1-3H3;7-9,13H,3-6,10H2,1-2H3. The molecule has 4 aliphatic rings. The molecule has 60 heavy (non-hydrogen) atoms. The van der Waals surface area contributed by atoms with Crippen LogP contribution in [0, 0.1) is 78.1 Å². The lowest BCUT2D eigenvalue weighted by Crippen LogP contribution is -2.20. The lowest BCUT2D eigenvalue weighted by atomic mass is 9.71. The van der Waals surface area contributed by atoms with Gasteiger partial charge < -0.3 is 0 Å². The lowest BCUT2D eigenvalue weighted by Gasteiger charge is -2.34. The molecule has 0 radical (unpaired) electrons. The van der Waals surface area contributed by atoms with E-state index in [9.17, 15) is 0 Å². The third-order valence-corrected chi connectivity index (χ3v) is 15.8. The fourth-order valence-corrected chi connectivity index (χ4v) is 10.6. The Hall–Kier alpha value is -3.12. The van der Waals surface area contributed by atoms with Gasteiger partial charge in [0.15, 0.2) is 0 Å². The van der Waals surface area contributed by atoms with Crippen LogP contribution in [0.3, 0.4) is 0 Å². The minimum absolute atomic E-state index is 0.580. The number of aryl methyl sites for hydroxylation is 7. The van der Waals surface area contributed by atoms with Gasteiger partial charge >= 0.3 is 0 Å². The molecule has 8 rings (SSSR count). The summed E-state index contributed by atoms with van der Waals surface area (Å²) in [6.45, 7) is 27.3. The molecule has 0 unspecified atom stereocenters. The van der Waals surface area contributed by atoms with Crippen LogP contribution in [0.2, 0.25) is 0 Å². The maximum absolute atomic E-state index is 2.41. The molecular formula is C60H88. The summed E-state index contributed by atoms with van der Waals surface area (Å²) < 4.78 is 0. The summed E-state index contributed by atoms with van der Waals surface area (Å²) in [5.74, 6) is 3.56. The van der Waals surface area contributed by atoms with Crippen molar-refractivity contribution < 1.29 is 0 Å². The zero-order valence-corrected chi connectivity index (χ0v) is 41.0. The topological polar surface area (TPSA) is 0 Å². The number of rotatable bonds is 6. The predicted molar refractivity (Wildman–Crippen MR) is 265 cm³/mol. The highest BCUT2D eigenvalue weighted by atomic mass is 14.3. The Labute approximate surface area is 371 Å². The van der Waals surface area contributed by atoms with Gasteiger partial charge in [-0.25, -0.2) is 0 Å². The van der Waals surface area contributed by atoms with Crippen LogP contribution in [0.1, 0.15) is 209 Å². The predicted octanol–water partition coefficient (Wildman–Crippen LogP) is 18.0. The van der Waals surface area contributed by atoms with Crippen molar-refractivity contribution in [1.82, 2.24) is 0 Å². The summed E-state index contributed by atoms with van der Waals surface area (Å²) in [4.78, 5) is 0. The molecule has 0 atom stereocenters. The van der Waals surface area contributed by atoms with Crippen molar-refractivity contribution in [3.63, 3.8) is 0 Å². The van der Waals surface area contributed by atoms with E-state index < -0.39 is 0 Å². The van der Waals surface area contributed by atoms with Gasteiger partial charge in [-0.2, -0.15) is 0 Å². The Morgan fingerprint density at radius 1 is 0.383 bits per heavy atom. The summed E-state index contributed by atoms with van der Waals surface area (Å²) in [6.07, 6.45) is 25.2. The van der Waals surface area contributed by atoms with Crippen LogP contribution < -0.4 is 0 Å². The van der Waals surface area contributed by atoms with Crippen LogP contribution in [0.4, 0.5) is 0 Å². The van der Waals surface area contributed by atoms with E-state index in [4.69, 9.17) is 0 Å². The van der Waals surface area contributed by atoms with Crippen molar-refractivity contribution in [1.29, 1.82) is 0 Å². The van der Waals surface area contributed by atoms with Crippen LogP contribution in [-0.4, -0.2) is 0 Å². The van der Waals surface area contributed by atoms with Crippen molar-refractivity contribution in [2.24, 2.45) is 22.7 Å². The van der Waals surface area contributed by atoms with E-state index in [1.807, 2.05) is 0 Å². The van der Waals surface area contributed by atoms with Crippen molar-refractivity contribution in [2.45, 2.75) is 210 Å². The molecule has 0 heterocycles. The molecule has 4 fully saturated rings. The van der Waals surface area contributed by atoms with E-state index in [1.165, 1.54) is 160 Å². The highest BCUT2D eigenvalue weighted by Crippen LogP contribution is 2.43. The molecule has 0 heteroatoms. The molecule has 4 aliphatic carbocycles. The van der Waals surface area contributed by atoms with Crippen LogP contribution in [0.25, 0.3) is 0 Å². The van der Waals surface area contributed by atoms with Gasteiger partial charge in [0.25, 0.3) is 0 Å². The van der Waals surface area contributed by atoms with Crippen molar-refractivity contribution in [2.75, 3.05) is 0 Å². The molecule has 0 saturated heterocycles. The molecule has 0 N–H and O–H groups in total. The SMILES string of the molecule is Cc1cc(CC2CCCC2)cc(C)c1C.Cc1ccc(C2CCC(C)(C)CC2)cc1.Cc1ccc(C2CCC(C)(C)CC2)cc1C.Cc1ccc(CC2CCCC2)cc1C. The molecule has 0 aromatic heterocycles. The Morgan fingerprint density at radius 2 is 0.767 bits per heavy atom. The quantitative estimate of drug-likeness (QED) is 0.182. The summed E-state index contributed by atoms with van der Waals surface area (Å²) in [6, 6.07) is 27.9. The van der Waals surface area contributed by atoms with Gasteiger partial charge in [-0.1, -0.05) is 157 Å². The monoisotopic (exact) mass is 809 g/mol. The van der Waals surface area contributed by atoms with Gasteiger partial charge in [0, 0.05) is 0 Å². The molecular weight excluding hydrogens is 721 g/mol. The third-order valence-electron chi connectivity index (χ3n) is 15.8. The molecule has 0 aliphatic heterocycles. The smallest absolute Gasteiger partial charge is 0.0161 e. The van der Waals surface area contributed by atoms with Gasteiger partial charge in [0.2, 0.25) is 0 Å². The Bertz CT molecular complexity index is 1860. The Balaban J connectivity index is 0.000000152. The van der Waals surface area contributed by atoms with Crippen LogP contribution in [0.15, 0.2) is 72.8 Å². The van der Waals surface area contributed by atoms with Gasteiger partial charge in [-0.3, -0.25) is 0 Å². The number of benzene rings is 4. The zero-order chi connectivity index (χ0) is 43.5.